The second-order valence-electron chi connectivity index (χ2n) is 6.15. The van der Waals surface area contributed by atoms with E-state index in [-0.39, 0.29) is 5.91 Å². The molecule has 1 aromatic rings. The predicted octanol–water partition coefficient (Wildman–Crippen LogP) is 5.30. The number of hydrogen-bond donors (Lipinski definition) is 0. The number of amides is 1. The van der Waals surface area contributed by atoms with Crippen molar-refractivity contribution in [1.82, 2.24) is 4.90 Å². The van der Waals surface area contributed by atoms with Gasteiger partial charge < -0.3 is 9.64 Å². The van der Waals surface area contributed by atoms with Crippen molar-refractivity contribution in [1.29, 1.82) is 0 Å². The summed E-state index contributed by atoms with van der Waals surface area (Å²) in [6, 6.07) is 7.49. The summed E-state index contributed by atoms with van der Waals surface area (Å²) >= 11 is 0. The van der Waals surface area contributed by atoms with Crippen LogP contribution in [0.15, 0.2) is 24.3 Å². The highest BCUT2D eigenvalue weighted by Gasteiger charge is 2.15. The van der Waals surface area contributed by atoms with Gasteiger partial charge in [-0.25, -0.2) is 0 Å². The Balaban J connectivity index is 2.64. The SMILES string of the molecule is CCCCCCN(CCCCCC)C(=O)c1cccc(OC)c1. The van der Waals surface area contributed by atoms with E-state index in [1.165, 1.54) is 38.5 Å². The minimum absolute atomic E-state index is 0.136. The molecule has 0 saturated carbocycles. The molecule has 0 atom stereocenters. The molecular formula is C20H33NO2. The van der Waals surface area contributed by atoms with E-state index in [0.29, 0.717) is 0 Å². The number of rotatable bonds is 12. The Bertz CT molecular complexity index is 433. The molecule has 0 aliphatic heterocycles. The summed E-state index contributed by atoms with van der Waals surface area (Å²) in [5.41, 5.74) is 0.732. The molecule has 0 fully saturated rings. The standard InChI is InChI=1S/C20H33NO2/c1-4-6-8-10-15-21(16-11-9-7-5-2)20(22)18-13-12-14-19(17-18)23-3/h12-14,17H,4-11,15-16H2,1-3H3. The Morgan fingerprint density at radius 2 is 1.57 bits per heavy atom. The van der Waals surface area contributed by atoms with Crippen LogP contribution >= 0.6 is 0 Å². The minimum atomic E-state index is 0.136. The van der Waals surface area contributed by atoms with Gasteiger partial charge in [0.15, 0.2) is 0 Å². The van der Waals surface area contributed by atoms with Crippen molar-refractivity contribution in [2.75, 3.05) is 20.2 Å². The number of unbranched alkanes of at least 4 members (excludes halogenated alkanes) is 6. The van der Waals surface area contributed by atoms with Crippen LogP contribution in [-0.4, -0.2) is 31.0 Å². The zero-order valence-electron chi connectivity index (χ0n) is 15.1. The molecule has 0 unspecified atom stereocenters. The van der Waals surface area contributed by atoms with Gasteiger partial charge in [0.2, 0.25) is 0 Å². The van der Waals surface area contributed by atoms with Gasteiger partial charge in [0.05, 0.1) is 7.11 Å². The molecule has 1 aromatic carbocycles. The van der Waals surface area contributed by atoms with Gasteiger partial charge in [0, 0.05) is 18.7 Å². The van der Waals surface area contributed by atoms with Crippen LogP contribution in [0.25, 0.3) is 0 Å². The molecule has 0 bridgehead atoms. The summed E-state index contributed by atoms with van der Waals surface area (Å²) in [5, 5.41) is 0. The maximum absolute atomic E-state index is 12.8. The van der Waals surface area contributed by atoms with E-state index in [0.717, 1.165) is 37.2 Å². The fraction of sp³-hybridized carbons (Fsp3) is 0.650. The lowest BCUT2D eigenvalue weighted by Gasteiger charge is -2.23. The van der Waals surface area contributed by atoms with Crippen LogP contribution in [0.3, 0.4) is 0 Å². The van der Waals surface area contributed by atoms with Crippen molar-refractivity contribution < 1.29 is 9.53 Å². The summed E-state index contributed by atoms with van der Waals surface area (Å²) in [7, 11) is 1.64. The van der Waals surface area contributed by atoms with Crippen LogP contribution in [0.2, 0.25) is 0 Å². The summed E-state index contributed by atoms with van der Waals surface area (Å²) in [6.07, 6.45) is 9.53. The minimum Gasteiger partial charge on any atom is -0.497 e. The topological polar surface area (TPSA) is 29.5 Å². The summed E-state index contributed by atoms with van der Waals surface area (Å²) in [4.78, 5) is 14.8. The third-order valence-corrected chi connectivity index (χ3v) is 4.17. The molecule has 3 heteroatoms. The maximum Gasteiger partial charge on any atom is 0.253 e. The van der Waals surface area contributed by atoms with Gasteiger partial charge in [-0.15, -0.1) is 0 Å². The molecular weight excluding hydrogens is 286 g/mol. The van der Waals surface area contributed by atoms with E-state index in [1.54, 1.807) is 7.11 Å². The average Bonchev–Trinajstić information content (AvgIpc) is 2.60. The molecule has 130 valence electrons. The lowest BCUT2D eigenvalue weighted by atomic mass is 10.1. The van der Waals surface area contributed by atoms with Gasteiger partial charge >= 0.3 is 0 Å². The first-order valence-corrected chi connectivity index (χ1v) is 9.16. The van der Waals surface area contributed by atoms with E-state index >= 15 is 0 Å². The lowest BCUT2D eigenvalue weighted by molar-refractivity contribution is 0.0749. The second kappa shape index (κ2) is 12.0. The van der Waals surface area contributed by atoms with Crippen LogP contribution < -0.4 is 4.74 Å². The van der Waals surface area contributed by atoms with Gasteiger partial charge in [-0.2, -0.15) is 0 Å². The zero-order valence-corrected chi connectivity index (χ0v) is 15.1. The van der Waals surface area contributed by atoms with Gasteiger partial charge in [0.1, 0.15) is 5.75 Å². The molecule has 0 spiro atoms. The van der Waals surface area contributed by atoms with Crippen molar-refractivity contribution in [3.05, 3.63) is 29.8 Å². The number of carbonyl (C=O) groups excluding carboxylic acids is 1. The third kappa shape index (κ3) is 7.54. The van der Waals surface area contributed by atoms with Crippen molar-refractivity contribution in [2.45, 2.75) is 65.2 Å². The number of methoxy groups -OCH3 is 1. The highest BCUT2D eigenvalue weighted by atomic mass is 16.5. The van der Waals surface area contributed by atoms with Gasteiger partial charge in [-0.1, -0.05) is 58.4 Å². The molecule has 0 aromatic heterocycles. The predicted molar refractivity (Wildman–Crippen MR) is 97.2 cm³/mol. The van der Waals surface area contributed by atoms with E-state index in [2.05, 4.69) is 13.8 Å². The fourth-order valence-corrected chi connectivity index (χ4v) is 2.71. The molecule has 0 radical (unpaired) electrons. The Morgan fingerprint density at radius 1 is 0.957 bits per heavy atom. The number of hydrogen-bond acceptors (Lipinski definition) is 2. The molecule has 0 aliphatic carbocycles. The van der Waals surface area contributed by atoms with E-state index in [1.807, 2.05) is 29.2 Å². The molecule has 1 amide bonds. The molecule has 0 heterocycles. The van der Waals surface area contributed by atoms with Gasteiger partial charge in [0.25, 0.3) is 5.91 Å². The van der Waals surface area contributed by atoms with Gasteiger partial charge in [-0.3, -0.25) is 4.79 Å². The monoisotopic (exact) mass is 319 g/mol. The van der Waals surface area contributed by atoms with Gasteiger partial charge in [-0.05, 0) is 31.0 Å². The molecule has 0 saturated heterocycles. The molecule has 0 N–H and O–H groups in total. The molecule has 23 heavy (non-hydrogen) atoms. The number of nitrogens with zero attached hydrogens (tertiary/aromatic N) is 1. The van der Waals surface area contributed by atoms with Crippen molar-refractivity contribution in [3.63, 3.8) is 0 Å². The third-order valence-electron chi connectivity index (χ3n) is 4.17. The van der Waals surface area contributed by atoms with E-state index in [4.69, 9.17) is 4.74 Å². The first kappa shape index (κ1) is 19.5. The highest BCUT2D eigenvalue weighted by Crippen LogP contribution is 2.16. The number of benzene rings is 1. The van der Waals surface area contributed by atoms with Crippen LogP contribution in [0.1, 0.15) is 75.6 Å². The first-order chi connectivity index (χ1) is 11.2. The average molecular weight is 319 g/mol. The Morgan fingerprint density at radius 3 is 2.09 bits per heavy atom. The molecule has 0 aliphatic rings. The van der Waals surface area contributed by atoms with Crippen molar-refractivity contribution in [2.24, 2.45) is 0 Å². The normalized spacial score (nSPS) is 10.6. The Hall–Kier alpha value is -1.51. The fourth-order valence-electron chi connectivity index (χ4n) is 2.71. The second-order valence-corrected chi connectivity index (χ2v) is 6.15. The number of carbonyl (C=O) groups is 1. The highest BCUT2D eigenvalue weighted by molar-refractivity contribution is 5.94. The molecule has 1 rings (SSSR count). The summed E-state index contributed by atoms with van der Waals surface area (Å²) in [5.74, 6) is 0.879. The Labute approximate surface area is 142 Å². The maximum atomic E-state index is 12.8. The van der Waals surface area contributed by atoms with Crippen molar-refractivity contribution in [3.8, 4) is 5.75 Å². The van der Waals surface area contributed by atoms with Crippen LogP contribution in [-0.2, 0) is 0 Å². The van der Waals surface area contributed by atoms with Crippen molar-refractivity contribution >= 4 is 5.91 Å². The summed E-state index contributed by atoms with van der Waals surface area (Å²) < 4.78 is 5.24. The quantitative estimate of drug-likeness (QED) is 0.489. The van der Waals surface area contributed by atoms with E-state index in [9.17, 15) is 4.79 Å². The summed E-state index contributed by atoms with van der Waals surface area (Å²) in [6.45, 7) is 6.15. The first-order valence-electron chi connectivity index (χ1n) is 9.16. The lowest BCUT2D eigenvalue weighted by Crippen LogP contribution is -2.33. The largest absolute Gasteiger partial charge is 0.497 e. The zero-order chi connectivity index (χ0) is 16.9. The van der Waals surface area contributed by atoms with Crippen LogP contribution in [0.5, 0.6) is 5.75 Å². The van der Waals surface area contributed by atoms with Crippen LogP contribution in [0, 0.1) is 0 Å². The van der Waals surface area contributed by atoms with Crippen LogP contribution in [0.4, 0.5) is 0 Å². The number of ether oxygens (including phenoxy) is 1. The van der Waals surface area contributed by atoms with E-state index < -0.39 is 0 Å². The smallest absolute Gasteiger partial charge is 0.253 e. The molecule has 3 nitrogen and oxygen atoms in total. The Kier molecular flexibility index (Phi) is 10.2.